The number of ether oxygens (including phenoxy) is 2. The lowest BCUT2D eigenvalue weighted by atomic mass is 10.2. The predicted octanol–water partition coefficient (Wildman–Crippen LogP) is 3.81. The predicted molar refractivity (Wildman–Crippen MR) is 131 cm³/mol. The third kappa shape index (κ3) is 6.43. The number of nitrogens with one attached hydrogen (secondary N) is 1. The number of amides is 1. The molecule has 3 rings (SSSR count). The van der Waals surface area contributed by atoms with Crippen molar-refractivity contribution in [2.45, 2.75) is 9.79 Å². The molecule has 1 amide bonds. The van der Waals surface area contributed by atoms with Gasteiger partial charge in [0, 0.05) is 23.3 Å². The summed E-state index contributed by atoms with van der Waals surface area (Å²) in [5.41, 5.74) is 0.246. The van der Waals surface area contributed by atoms with Gasteiger partial charge in [0.2, 0.25) is 5.91 Å². The minimum atomic E-state index is -4.03. The Morgan fingerprint density at radius 3 is 2.24 bits per heavy atom. The molecule has 0 aromatic heterocycles. The van der Waals surface area contributed by atoms with Crippen molar-refractivity contribution in [3.05, 3.63) is 78.9 Å². The summed E-state index contributed by atoms with van der Waals surface area (Å²) >= 11 is 1.61. The van der Waals surface area contributed by atoms with E-state index in [1.54, 1.807) is 48.2 Å². The second kappa shape index (κ2) is 11.6. The fourth-order valence-electron chi connectivity index (χ4n) is 3.07. The highest BCUT2D eigenvalue weighted by atomic mass is 32.2. The van der Waals surface area contributed by atoms with Gasteiger partial charge in [0.1, 0.15) is 18.0 Å². The number of carbonyl (C=O) groups excluding carboxylic acids is 1. The van der Waals surface area contributed by atoms with Gasteiger partial charge < -0.3 is 14.8 Å². The van der Waals surface area contributed by atoms with Gasteiger partial charge in [-0.1, -0.05) is 36.4 Å². The maximum Gasteiger partial charge on any atom is 0.264 e. The van der Waals surface area contributed by atoms with Crippen molar-refractivity contribution in [3.63, 3.8) is 0 Å². The molecule has 7 nitrogen and oxygen atoms in total. The standard InChI is InChI=1S/C24H26N2O5S2/c1-30-19-13-14-22(23(17-19)31-2)26(33(28,29)21-11-7-4-8-12-21)18-24(27)25-15-16-32-20-9-5-3-6-10-20/h3-14,17H,15-16,18H2,1-2H3,(H,25,27). The van der Waals surface area contributed by atoms with E-state index in [4.69, 9.17) is 9.47 Å². The topological polar surface area (TPSA) is 84.9 Å². The molecule has 0 aliphatic heterocycles. The van der Waals surface area contributed by atoms with E-state index >= 15 is 0 Å². The molecule has 0 saturated heterocycles. The Balaban J connectivity index is 1.80. The SMILES string of the molecule is COc1ccc(N(CC(=O)NCCSc2ccccc2)S(=O)(=O)c2ccccc2)c(OC)c1. The van der Waals surface area contributed by atoms with Crippen LogP contribution in [0.5, 0.6) is 11.5 Å². The van der Waals surface area contributed by atoms with Gasteiger partial charge in [-0.25, -0.2) is 8.42 Å². The largest absolute Gasteiger partial charge is 0.497 e. The van der Waals surface area contributed by atoms with E-state index in [0.717, 1.165) is 9.20 Å². The molecule has 3 aromatic carbocycles. The van der Waals surface area contributed by atoms with Crippen LogP contribution >= 0.6 is 11.8 Å². The van der Waals surface area contributed by atoms with Crippen molar-refractivity contribution in [1.29, 1.82) is 0 Å². The Bertz CT molecular complexity index is 1160. The molecule has 0 unspecified atom stereocenters. The summed E-state index contributed by atoms with van der Waals surface area (Å²) in [6, 6.07) is 22.6. The first-order chi connectivity index (χ1) is 16.0. The molecular formula is C24H26N2O5S2. The average molecular weight is 487 g/mol. The first kappa shape index (κ1) is 24.5. The summed E-state index contributed by atoms with van der Waals surface area (Å²) < 4.78 is 38.6. The third-order valence-corrected chi connectivity index (χ3v) is 7.50. The van der Waals surface area contributed by atoms with E-state index in [1.165, 1.54) is 26.4 Å². The van der Waals surface area contributed by atoms with E-state index in [1.807, 2.05) is 30.3 Å². The van der Waals surface area contributed by atoms with Gasteiger partial charge in [-0.3, -0.25) is 9.10 Å². The smallest absolute Gasteiger partial charge is 0.264 e. The van der Waals surface area contributed by atoms with E-state index in [-0.39, 0.29) is 16.3 Å². The van der Waals surface area contributed by atoms with Gasteiger partial charge in [-0.05, 0) is 36.4 Å². The molecule has 0 saturated carbocycles. The van der Waals surface area contributed by atoms with Crippen LogP contribution in [0.1, 0.15) is 0 Å². The lowest BCUT2D eigenvalue weighted by molar-refractivity contribution is -0.119. The Kier molecular flexibility index (Phi) is 8.62. The highest BCUT2D eigenvalue weighted by molar-refractivity contribution is 7.99. The van der Waals surface area contributed by atoms with Crippen LogP contribution < -0.4 is 19.1 Å². The van der Waals surface area contributed by atoms with E-state index in [0.29, 0.717) is 18.0 Å². The lowest BCUT2D eigenvalue weighted by Crippen LogP contribution is -2.41. The number of hydrogen-bond donors (Lipinski definition) is 1. The Labute approximate surface area is 198 Å². The average Bonchev–Trinajstić information content (AvgIpc) is 2.86. The number of benzene rings is 3. The van der Waals surface area contributed by atoms with Crippen molar-refractivity contribution in [2.24, 2.45) is 0 Å². The van der Waals surface area contributed by atoms with Crippen molar-refractivity contribution in [1.82, 2.24) is 5.32 Å². The van der Waals surface area contributed by atoms with Crippen LogP contribution in [0, 0.1) is 0 Å². The van der Waals surface area contributed by atoms with Crippen LogP contribution in [0.3, 0.4) is 0 Å². The summed E-state index contributed by atoms with van der Waals surface area (Å²) in [6.45, 7) is 0.00723. The number of anilines is 1. The Morgan fingerprint density at radius 2 is 1.61 bits per heavy atom. The summed E-state index contributed by atoms with van der Waals surface area (Å²) in [4.78, 5) is 13.9. The first-order valence-corrected chi connectivity index (χ1v) is 12.6. The second-order valence-electron chi connectivity index (χ2n) is 6.87. The molecule has 33 heavy (non-hydrogen) atoms. The molecule has 0 spiro atoms. The number of carbonyl (C=O) groups is 1. The molecule has 0 fully saturated rings. The molecule has 0 heterocycles. The van der Waals surface area contributed by atoms with Crippen molar-refractivity contribution >= 4 is 33.4 Å². The van der Waals surface area contributed by atoms with Gasteiger partial charge >= 0.3 is 0 Å². The maximum atomic E-state index is 13.5. The summed E-state index contributed by atoms with van der Waals surface area (Å²) in [6.07, 6.45) is 0. The molecule has 9 heteroatoms. The maximum absolute atomic E-state index is 13.5. The molecule has 0 aliphatic rings. The minimum Gasteiger partial charge on any atom is -0.497 e. The zero-order valence-corrected chi connectivity index (χ0v) is 20.1. The number of methoxy groups -OCH3 is 2. The molecule has 174 valence electrons. The lowest BCUT2D eigenvalue weighted by Gasteiger charge is -2.26. The van der Waals surface area contributed by atoms with Crippen LogP contribution in [0.25, 0.3) is 0 Å². The normalized spacial score (nSPS) is 11.0. The highest BCUT2D eigenvalue weighted by Gasteiger charge is 2.29. The van der Waals surface area contributed by atoms with E-state index < -0.39 is 22.5 Å². The molecule has 0 radical (unpaired) electrons. The number of rotatable bonds is 11. The van der Waals surface area contributed by atoms with Gasteiger partial charge in [0.15, 0.2) is 0 Å². The molecule has 0 atom stereocenters. The zero-order valence-electron chi connectivity index (χ0n) is 18.4. The minimum absolute atomic E-state index is 0.0790. The summed E-state index contributed by atoms with van der Waals surface area (Å²) in [5.74, 6) is 1.03. The van der Waals surface area contributed by atoms with Gasteiger partial charge in [0.05, 0.1) is 24.8 Å². The quantitative estimate of drug-likeness (QED) is 0.328. The van der Waals surface area contributed by atoms with Gasteiger partial charge in [-0.2, -0.15) is 0 Å². The third-order valence-electron chi connectivity index (χ3n) is 4.71. The number of nitrogens with zero attached hydrogens (tertiary/aromatic N) is 1. The second-order valence-corrected chi connectivity index (χ2v) is 9.90. The molecule has 1 N–H and O–H groups in total. The molecule has 0 bridgehead atoms. The van der Waals surface area contributed by atoms with Gasteiger partial charge in [-0.15, -0.1) is 11.8 Å². The van der Waals surface area contributed by atoms with Crippen molar-refractivity contribution in [3.8, 4) is 11.5 Å². The van der Waals surface area contributed by atoms with Crippen LogP contribution in [-0.4, -0.2) is 47.4 Å². The Hall–Kier alpha value is -3.17. The van der Waals surface area contributed by atoms with Crippen molar-refractivity contribution in [2.75, 3.05) is 37.4 Å². The van der Waals surface area contributed by atoms with Crippen LogP contribution in [0.15, 0.2) is 88.7 Å². The number of sulfonamides is 1. The summed E-state index contributed by atoms with van der Waals surface area (Å²) in [5, 5.41) is 2.81. The van der Waals surface area contributed by atoms with E-state index in [9.17, 15) is 13.2 Å². The molecule has 3 aromatic rings. The van der Waals surface area contributed by atoms with Crippen LogP contribution in [0.4, 0.5) is 5.69 Å². The number of hydrogen-bond acceptors (Lipinski definition) is 6. The first-order valence-electron chi connectivity index (χ1n) is 10.2. The van der Waals surface area contributed by atoms with Crippen LogP contribution in [0.2, 0.25) is 0 Å². The Morgan fingerprint density at radius 1 is 0.939 bits per heavy atom. The van der Waals surface area contributed by atoms with E-state index in [2.05, 4.69) is 5.32 Å². The van der Waals surface area contributed by atoms with Crippen LogP contribution in [-0.2, 0) is 14.8 Å². The fourth-order valence-corrected chi connectivity index (χ4v) is 5.31. The molecular weight excluding hydrogens is 460 g/mol. The highest BCUT2D eigenvalue weighted by Crippen LogP contribution is 2.35. The molecule has 0 aliphatic carbocycles. The fraction of sp³-hybridized carbons (Fsp3) is 0.208. The monoisotopic (exact) mass is 486 g/mol. The number of thioether (sulfide) groups is 1. The summed E-state index contributed by atoms with van der Waals surface area (Å²) in [7, 11) is -1.08. The van der Waals surface area contributed by atoms with Gasteiger partial charge in [0.25, 0.3) is 10.0 Å². The van der Waals surface area contributed by atoms with Crippen molar-refractivity contribution < 1.29 is 22.7 Å². The zero-order chi connectivity index (χ0) is 23.7.